The molecule has 0 spiro atoms. The normalized spacial score (nSPS) is 14.9. The van der Waals surface area contributed by atoms with Gasteiger partial charge >= 0.3 is 0 Å². The van der Waals surface area contributed by atoms with Crippen LogP contribution in [0.3, 0.4) is 0 Å². The largest absolute Gasteiger partial charge is 0.339 e. The van der Waals surface area contributed by atoms with Crippen molar-refractivity contribution in [3.8, 4) is 0 Å². The van der Waals surface area contributed by atoms with E-state index in [0.717, 1.165) is 23.2 Å². The molecule has 0 aliphatic carbocycles. The number of para-hydroxylation sites is 1. The Morgan fingerprint density at radius 3 is 2.62 bits per heavy atom. The van der Waals surface area contributed by atoms with Gasteiger partial charge in [0.15, 0.2) is 0 Å². The van der Waals surface area contributed by atoms with Gasteiger partial charge in [0, 0.05) is 37.1 Å². The van der Waals surface area contributed by atoms with Crippen molar-refractivity contribution < 1.29 is 9.59 Å². The molecule has 2 heterocycles. The Labute approximate surface area is 154 Å². The number of nitrogens with zero attached hydrogens (tertiary/aromatic N) is 2. The summed E-state index contributed by atoms with van der Waals surface area (Å²) < 4.78 is 0. The molecule has 26 heavy (non-hydrogen) atoms. The first-order valence-corrected chi connectivity index (χ1v) is 9.18. The molecular formula is C21H25N3O2. The molecule has 1 fully saturated rings. The quantitative estimate of drug-likeness (QED) is 0.918. The lowest BCUT2D eigenvalue weighted by Gasteiger charge is -2.31. The van der Waals surface area contributed by atoms with Crippen molar-refractivity contribution in [2.24, 2.45) is 5.92 Å². The standard InChI is InChI=1S/C21H25N3O2/c1-3-16-7-4-6-15(2)19(16)23-20(25)17-9-12-24(13-10-17)21(26)18-8-5-11-22-14-18/h4-8,11,14,17H,3,9-10,12-13H2,1-2H3,(H,23,25). The van der Waals surface area contributed by atoms with Crippen LogP contribution in [0, 0.1) is 12.8 Å². The van der Waals surface area contributed by atoms with E-state index in [2.05, 4.69) is 23.3 Å². The Hall–Kier alpha value is -2.69. The van der Waals surface area contributed by atoms with Crippen LogP contribution in [-0.4, -0.2) is 34.8 Å². The van der Waals surface area contributed by atoms with E-state index in [1.165, 1.54) is 0 Å². The highest BCUT2D eigenvalue weighted by Crippen LogP contribution is 2.25. The molecule has 1 aliphatic heterocycles. The second-order valence-corrected chi connectivity index (χ2v) is 6.76. The molecule has 0 radical (unpaired) electrons. The minimum Gasteiger partial charge on any atom is -0.339 e. The van der Waals surface area contributed by atoms with E-state index in [0.29, 0.717) is 31.5 Å². The Balaban J connectivity index is 1.60. The zero-order chi connectivity index (χ0) is 18.5. The summed E-state index contributed by atoms with van der Waals surface area (Å²) in [6.07, 6.45) is 5.50. The topological polar surface area (TPSA) is 62.3 Å². The minimum absolute atomic E-state index is 0.0101. The van der Waals surface area contributed by atoms with Crippen LogP contribution in [0.5, 0.6) is 0 Å². The predicted molar refractivity (Wildman–Crippen MR) is 102 cm³/mol. The van der Waals surface area contributed by atoms with E-state index in [1.54, 1.807) is 24.5 Å². The summed E-state index contributed by atoms with van der Waals surface area (Å²) in [7, 11) is 0. The molecule has 1 aromatic carbocycles. The number of anilines is 1. The van der Waals surface area contributed by atoms with Crippen LogP contribution in [0.2, 0.25) is 0 Å². The highest BCUT2D eigenvalue weighted by molar-refractivity contribution is 5.95. The molecule has 2 amide bonds. The highest BCUT2D eigenvalue weighted by atomic mass is 16.2. The number of pyridine rings is 1. The van der Waals surface area contributed by atoms with E-state index in [-0.39, 0.29) is 17.7 Å². The van der Waals surface area contributed by atoms with Crippen LogP contribution in [0.15, 0.2) is 42.7 Å². The minimum atomic E-state index is -0.0581. The third kappa shape index (κ3) is 3.93. The van der Waals surface area contributed by atoms with Crippen molar-refractivity contribution in [3.05, 3.63) is 59.4 Å². The molecule has 0 saturated carbocycles. The Morgan fingerprint density at radius 1 is 1.19 bits per heavy atom. The summed E-state index contributed by atoms with van der Waals surface area (Å²) in [6.45, 7) is 5.30. The molecule has 0 bridgehead atoms. The Morgan fingerprint density at radius 2 is 1.96 bits per heavy atom. The number of nitrogens with one attached hydrogen (secondary N) is 1. The average molecular weight is 351 g/mol. The lowest BCUT2D eigenvalue weighted by Crippen LogP contribution is -2.41. The van der Waals surface area contributed by atoms with Gasteiger partial charge in [-0.25, -0.2) is 0 Å². The number of amides is 2. The van der Waals surface area contributed by atoms with E-state index in [1.807, 2.05) is 24.0 Å². The second kappa shape index (κ2) is 8.13. The number of likely N-dealkylation sites (tertiary alicyclic amines) is 1. The fourth-order valence-corrected chi connectivity index (χ4v) is 3.44. The number of benzene rings is 1. The third-order valence-corrected chi connectivity index (χ3v) is 5.05. The second-order valence-electron chi connectivity index (χ2n) is 6.76. The predicted octanol–water partition coefficient (Wildman–Crippen LogP) is 3.44. The fourth-order valence-electron chi connectivity index (χ4n) is 3.44. The summed E-state index contributed by atoms with van der Waals surface area (Å²) in [5.41, 5.74) is 3.78. The van der Waals surface area contributed by atoms with Gasteiger partial charge in [-0.05, 0) is 49.4 Å². The summed E-state index contributed by atoms with van der Waals surface area (Å²) in [5.74, 6) is -0.0103. The van der Waals surface area contributed by atoms with E-state index < -0.39 is 0 Å². The van der Waals surface area contributed by atoms with Crippen LogP contribution >= 0.6 is 0 Å². The number of aryl methyl sites for hydroxylation is 2. The zero-order valence-electron chi connectivity index (χ0n) is 15.4. The van der Waals surface area contributed by atoms with Gasteiger partial charge in [-0.15, -0.1) is 0 Å². The molecule has 0 atom stereocenters. The van der Waals surface area contributed by atoms with Gasteiger partial charge in [-0.2, -0.15) is 0 Å². The van der Waals surface area contributed by atoms with Crippen LogP contribution < -0.4 is 5.32 Å². The molecule has 1 N–H and O–H groups in total. The van der Waals surface area contributed by atoms with E-state index >= 15 is 0 Å². The van der Waals surface area contributed by atoms with Gasteiger partial charge in [0.25, 0.3) is 5.91 Å². The molecule has 2 aromatic rings. The lowest BCUT2D eigenvalue weighted by molar-refractivity contribution is -0.121. The Bertz CT molecular complexity index is 781. The first-order valence-electron chi connectivity index (χ1n) is 9.18. The summed E-state index contributed by atoms with van der Waals surface area (Å²) in [4.78, 5) is 31.0. The maximum Gasteiger partial charge on any atom is 0.255 e. The Kier molecular flexibility index (Phi) is 5.66. The van der Waals surface area contributed by atoms with Crippen molar-refractivity contribution in [3.63, 3.8) is 0 Å². The van der Waals surface area contributed by atoms with E-state index in [4.69, 9.17) is 0 Å². The lowest BCUT2D eigenvalue weighted by atomic mass is 9.95. The number of rotatable bonds is 4. The van der Waals surface area contributed by atoms with E-state index in [9.17, 15) is 9.59 Å². The molecule has 5 nitrogen and oxygen atoms in total. The van der Waals surface area contributed by atoms with Crippen LogP contribution in [-0.2, 0) is 11.2 Å². The number of hydrogen-bond donors (Lipinski definition) is 1. The van der Waals surface area contributed by atoms with Gasteiger partial charge in [0.1, 0.15) is 0 Å². The molecule has 1 aliphatic rings. The maximum atomic E-state index is 12.7. The van der Waals surface area contributed by atoms with Crippen molar-refractivity contribution >= 4 is 17.5 Å². The molecular weight excluding hydrogens is 326 g/mol. The van der Waals surface area contributed by atoms with Crippen molar-refractivity contribution in [1.82, 2.24) is 9.88 Å². The summed E-state index contributed by atoms with van der Waals surface area (Å²) in [6, 6.07) is 9.63. The molecule has 1 saturated heterocycles. The molecule has 1 aromatic heterocycles. The highest BCUT2D eigenvalue weighted by Gasteiger charge is 2.28. The number of piperidine rings is 1. The number of hydrogen-bond acceptors (Lipinski definition) is 3. The number of carbonyl (C=O) groups is 2. The van der Waals surface area contributed by atoms with Crippen molar-refractivity contribution in [1.29, 1.82) is 0 Å². The number of aromatic nitrogens is 1. The summed E-state index contributed by atoms with van der Waals surface area (Å²) >= 11 is 0. The van der Waals surface area contributed by atoms with Crippen LogP contribution in [0.4, 0.5) is 5.69 Å². The first-order chi connectivity index (χ1) is 12.6. The van der Waals surface area contributed by atoms with Crippen molar-refractivity contribution in [2.75, 3.05) is 18.4 Å². The maximum absolute atomic E-state index is 12.7. The van der Waals surface area contributed by atoms with Gasteiger partial charge in [0.05, 0.1) is 5.56 Å². The molecule has 0 unspecified atom stereocenters. The van der Waals surface area contributed by atoms with Gasteiger partial charge in [-0.1, -0.05) is 25.1 Å². The average Bonchev–Trinajstić information content (AvgIpc) is 2.69. The van der Waals surface area contributed by atoms with Crippen molar-refractivity contribution in [2.45, 2.75) is 33.1 Å². The number of carbonyl (C=O) groups excluding carboxylic acids is 2. The SMILES string of the molecule is CCc1cccc(C)c1NC(=O)C1CCN(C(=O)c2cccnc2)CC1. The molecule has 5 heteroatoms. The molecule has 3 rings (SSSR count). The smallest absolute Gasteiger partial charge is 0.255 e. The monoisotopic (exact) mass is 351 g/mol. The van der Waals surface area contributed by atoms with Gasteiger partial charge in [-0.3, -0.25) is 14.6 Å². The third-order valence-electron chi connectivity index (χ3n) is 5.05. The zero-order valence-corrected chi connectivity index (χ0v) is 15.4. The van der Waals surface area contributed by atoms with Crippen LogP contribution in [0.1, 0.15) is 41.3 Å². The fraction of sp³-hybridized carbons (Fsp3) is 0.381. The first kappa shape index (κ1) is 18.1. The van der Waals surface area contributed by atoms with Gasteiger partial charge in [0.2, 0.25) is 5.91 Å². The molecule has 136 valence electrons. The van der Waals surface area contributed by atoms with Gasteiger partial charge < -0.3 is 10.2 Å². The van der Waals surface area contributed by atoms with Crippen LogP contribution in [0.25, 0.3) is 0 Å². The summed E-state index contributed by atoms with van der Waals surface area (Å²) in [5, 5.41) is 3.12.